The Hall–Kier alpha value is -3.07. The van der Waals surface area contributed by atoms with Gasteiger partial charge in [0, 0.05) is 12.2 Å². The molecular weight excluding hydrogens is 412 g/mol. The highest BCUT2D eigenvalue weighted by atomic mass is 16.6. The second-order valence-electron chi connectivity index (χ2n) is 8.71. The standard InChI is InChI=1S/C23H36N4O5/c1-15(2)19(24)21(30)27-18(8-6-7-13-25-22(31)32-23(3,4)5)20(29)26-17-11-9-16(14-28)10-12-17/h9-12,18,28H,6-8,13-14,24H2,1-5H3,(H,25,31)(H,26,29)(H,27,30)/t18-/m0/s1. The molecule has 0 saturated heterocycles. The summed E-state index contributed by atoms with van der Waals surface area (Å²) in [7, 11) is 0. The van der Waals surface area contributed by atoms with Crippen molar-refractivity contribution in [1.29, 1.82) is 0 Å². The molecule has 1 aromatic rings. The van der Waals surface area contributed by atoms with E-state index in [1.54, 1.807) is 58.9 Å². The van der Waals surface area contributed by atoms with Crippen LogP contribution < -0.4 is 21.7 Å². The molecule has 6 N–H and O–H groups in total. The van der Waals surface area contributed by atoms with Gasteiger partial charge in [0.15, 0.2) is 0 Å². The molecule has 0 radical (unpaired) electrons. The molecule has 0 fully saturated rings. The van der Waals surface area contributed by atoms with E-state index in [1.165, 1.54) is 0 Å². The lowest BCUT2D eigenvalue weighted by Gasteiger charge is -2.20. The molecule has 0 spiro atoms. The number of aliphatic hydroxyl groups is 1. The summed E-state index contributed by atoms with van der Waals surface area (Å²) in [5.41, 5.74) is 7.23. The number of allylic oxidation sites excluding steroid dienone is 1. The van der Waals surface area contributed by atoms with Gasteiger partial charge in [0.25, 0.3) is 5.91 Å². The van der Waals surface area contributed by atoms with Crippen molar-refractivity contribution in [3.8, 4) is 0 Å². The number of hydrogen-bond donors (Lipinski definition) is 5. The van der Waals surface area contributed by atoms with Crippen LogP contribution in [-0.4, -0.2) is 41.2 Å². The van der Waals surface area contributed by atoms with E-state index in [4.69, 9.17) is 15.6 Å². The van der Waals surface area contributed by atoms with Crippen LogP contribution >= 0.6 is 0 Å². The predicted molar refractivity (Wildman–Crippen MR) is 124 cm³/mol. The van der Waals surface area contributed by atoms with Gasteiger partial charge in [0.05, 0.1) is 12.3 Å². The maximum atomic E-state index is 12.8. The van der Waals surface area contributed by atoms with E-state index in [-0.39, 0.29) is 18.2 Å². The Balaban J connectivity index is 2.69. The van der Waals surface area contributed by atoms with Gasteiger partial charge in [0.1, 0.15) is 11.6 Å². The van der Waals surface area contributed by atoms with Crippen LogP contribution in [0.2, 0.25) is 0 Å². The van der Waals surface area contributed by atoms with Crippen molar-refractivity contribution in [3.63, 3.8) is 0 Å². The Morgan fingerprint density at radius 3 is 2.25 bits per heavy atom. The van der Waals surface area contributed by atoms with E-state index >= 15 is 0 Å². The number of benzene rings is 1. The van der Waals surface area contributed by atoms with Gasteiger partial charge in [-0.2, -0.15) is 0 Å². The quantitative estimate of drug-likeness (QED) is 0.275. The van der Waals surface area contributed by atoms with E-state index in [1.807, 2.05) is 0 Å². The summed E-state index contributed by atoms with van der Waals surface area (Å²) in [6, 6.07) is 5.95. The zero-order valence-corrected chi connectivity index (χ0v) is 19.6. The molecule has 0 bridgehead atoms. The number of carbonyl (C=O) groups is 3. The highest BCUT2D eigenvalue weighted by Gasteiger charge is 2.22. The normalized spacial score (nSPS) is 11.8. The van der Waals surface area contributed by atoms with Crippen molar-refractivity contribution in [2.75, 3.05) is 11.9 Å². The minimum atomic E-state index is -0.806. The zero-order valence-electron chi connectivity index (χ0n) is 19.6. The average molecular weight is 449 g/mol. The molecule has 0 heterocycles. The van der Waals surface area contributed by atoms with Crippen LogP contribution in [0.4, 0.5) is 10.5 Å². The number of anilines is 1. The van der Waals surface area contributed by atoms with Crippen molar-refractivity contribution in [2.45, 2.75) is 72.1 Å². The minimum absolute atomic E-state index is 0.0710. The lowest BCUT2D eigenvalue weighted by Crippen LogP contribution is -2.45. The van der Waals surface area contributed by atoms with E-state index < -0.39 is 23.6 Å². The summed E-state index contributed by atoms with van der Waals surface area (Å²) in [4.78, 5) is 36.9. The van der Waals surface area contributed by atoms with Gasteiger partial charge in [-0.05, 0) is 77.2 Å². The first kappa shape index (κ1) is 27.0. The molecule has 0 saturated carbocycles. The lowest BCUT2D eigenvalue weighted by molar-refractivity contribution is -0.124. The number of ether oxygens (including phenoxy) is 1. The van der Waals surface area contributed by atoms with Crippen LogP contribution in [0, 0.1) is 0 Å². The van der Waals surface area contributed by atoms with Crippen LogP contribution in [0.5, 0.6) is 0 Å². The highest BCUT2D eigenvalue weighted by molar-refractivity contribution is 6.00. The lowest BCUT2D eigenvalue weighted by atomic mass is 10.1. The Kier molecular flexibility index (Phi) is 10.7. The fourth-order valence-corrected chi connectivity index (χ4v) is 2.63. The van der Waals surface area contributed by atoms with Crippen molar-refractivity contribution >= 4 is 23.6 Å². The number of nitrogens with two attached hydrogens (primary N) is 1. The van der Waals surface area contributed by atoms with Crippen molar-refractivity contribution < 1.29 is 24.2 Å². The van der Waals surface area contributed by atoms with Crippen molar-refractivity contribution in [1.82, 2.24) is 10.6 Å². The Morgan fingerprint density at radius 2 is 1.72 bits per heavy atom. The molecule has 32 heavy (non-hydrogen) atoms. The van der Waals surface area contributed by atoms with Crippen LogP contribution in [0.3, 0.4) is 0 Å². The van der Waals surface area contributed by atoms with Crippen LogP contribution in [0.15, 0.2) is 35.5 Å². The largest absolute Gasteiger partial charge is 0.444 e. The molecule has 3 amide bonds. The van der Waals surface area contributed by atoms with E-state index in [0.717, 1.165) is 5.56 Å². The SMILES string of the molecule is CC(C)=C(N)C(=O)N[C@@H](CCCCNC(=O)OC(C)(C)C)C(=O)Nc1ccc(CO)cc1. The Morgan fingerprint density at radius 1 is 1.09 bits per heavy atom. The summed E-state index contributed by atoms with van der Waals surface area (Å²) in [6.07, 6.45) is 1.04. The van der Waals surface area contributed by atoms with Crippen molar-refractivity contribution in [2.24, 2.45) is 5.73 Å². The highest BCUT2D eigenvalue weighted by Crippen LogP contribution is 2.12. The van der Waals surface area contributed by atoms with Gasteiger partial charge in [-0.1, -0.05) is 12.1 Å². The molecule has 0 aliphatic heterocycles. The third kappa shape index (κ3) is 10.3. The van der Waals surface area contributed by atoms with Gasteiger partial charge in [-0.25, -0.2) is 4.79 Å². The molecule has 178 valence electrons. The molecule has 0 aromatic heterocycles. The van der Waals surface area contributed by atoms with E-state index in [9.17, 15) is 14.4 Å². The van der Waals surface area contributed by atoms with Gasteiger partial charge in [0.2, 0.25) is 5.91 Å². The first-order valence-electron chi connectivity index (χ1n) is 10.6. The Labute approximate surface area is 189 Å². The van der Waals surface area contributed by atoms with Gasteiger partial charge >= 0.3 is 6.09 Å². The molecule has 0 aliphatic rings. The van der Waals surface area contributed by atoms with Crippen LogP contribution in [-0.2, 0) is 20.9 Å². The smallest absolute Gasteiger partial charge is 0.407 e. The summed E-state index contributed by atoms with van der Waals surface area (Å²) in [5, 5.41) is 17.3. The molecule has 0 aliphatic carbocycles. The summed E-state index contributed by atoms with van der Waals surface area (Å²) in [5.74, 6) is -0.885. The number of rotatable bonds is 10. The maximum Gasteiger partial charge on any atom is 0.407 e. The number of nitrogens with one attached hydrogen (secondary N) is 3. The monoisotopic (exact) mass is 448 g/mol. The summed E-state index contributed by atoms with van der Waals surface area (Å²) in [6.45, 7) is 9.09. The third-order valence-corrected chi connectivity index (χ3v) is 4.40. The molecule has 1 atom stereocenters. The fourth-order valence-electron chi connectivity index (χ4n) is 2.63. The molecule has 9 nitrogen and oxygen atoms in total. The van der Waals surface area contributed by atoms with Crippen LogP contribution in [0.1, 0.15) is 59.4 Å². The van der Waals surface area contributed by atoms with Gasteiger partial charge in [-0.3, -0.25) is 9.59 Å². The maximum absolute atomic E-state index is 12.8. The number of carbonyl (C=O) groups excluding carboxylic acids is 3. The number of unbranched alkanes of at least 4 members (excludes halogenated alkanes) is 1. The minimum Gasteiger partial charge on any atom is -0.444 e. The average Bonchev–Trinajstić information content (AvgIpc) is 2.70. The van der Waals surface area contributed by atoms with Crippen molar-refractivity contribution in [3.05, 3.63) is 41.1 Å². The zero-order chi connectivity index (χ0) is 24.3. The third-order valence-electron chi connectivity index (χ3n) is 4.40. The molecule has 1 aromatic carbocycles. The number of aliphatic hydroxyl groups excluding tert-OH is 1. The summed E-state index contributed by atoms with van der Waals surface area (Å²) < 4.78 is 5.18. The molecule has 9 heteroatoms. The molecular formula is C23H36N4O5. The fraction of sp³-hybridized carbons (Fsp3) is 0.522. The van der Waals surface area contributed by atoms with E-state index in [0.29, 0.717) is 37.1 Å². The van der Waals surface area contributed by atoms with Gasteiger partial charge < -0.3 is 31.5 Å². The number of hydrogen-bond acceptors (Lipinski definition) is 6. The topological polar surface area (TPSA) is 143 Å². The molecule has 0 unspecified atom stereocenters. The predicted octanol–water partition coefficient (Wildman–Crippen LogP) is 2.55. The van der Waals surface area contributed by atoms with Gasteiger partial charge in [-0.15, -0.1) is 0 Å². The second-order valence-corrected chi connectivity index (χ2v) is 8.71. The number of amides is 3. The first-order valence-corrected chi connectivity index (χ1v) is 10.6. The first-order chi connectivity index (χ1) is 14.9. The van der Waals surface area contributed by atoms with Crippen LogP contribution in [0.25, 0.3) is 0 Å². The number of alkyl carbamates (subject to hydrolysis) is 1. The second kappa shape index (κ2) is 12.7. The Bertz CT molecular complexity index is 809. The summed E-state index contributed by atoms with van der Waals surface area (Å²) >= 11 is 0. The van der Waals surface area contributed by atoms with E-state index in [2.05, 4.69) is 16.0 Å². The molecule has 1 rings (SSSR count).